The first-order valence-corrected chi connectivity index (χ1v) is 15.5. The average Bonchev–Trinajstić information content (AvgIpc) is 3.59. The second kappa shape index (κ2) is 13.3. The van der Waals surface area contributed by atoms with E-state index in [-0.39, 0.29) is 41.7 Å². The lowest BCUT2D eigenvalue weighted by Crippen LogP contribution is -2.19. The number of hydrogen-bond acceptors (Lipinski definition) is 5. The lowest BCUT2D eigenvalue weighted by molar-refractivity contribution is -0.138. The summed E-state index contributed by atoms with van der Waals surface area (Å²) in [4.78, 5) is 55.0. The summed E-state index contributed by atoms with van der Waals surface area (Å²) in [6.07, 6.45) is 5.33. The average molecular weight is 623 g/mol. The van der Waals surface area contributed by atoms with Gasteiger partial charge in [-0.15, -0.1) is 0 Å². The molecule has 2 aliphatic heterocycles. The number of thiol groups is 1. The van der Waals surface area contributed by atoms with Crippen molar-refractivity contribution in [2.45, 2.75) is 85.3 Å². The third-order valence-corrected chi connectivity index (χ3v) is 9.29. The van der Waals surface area contributed by atoms with E-state index >= 15 is 0 Å². The highest BCUT2D eigenvalue weighted by molar-refractivity contribution is 7.80. The molecule has 11 heteroatoms. The van der Waals surface area contributed by atoms with Gasteiger partial charge in [0, 0.05) is 76.1 Å². The van der Waals surface area contributed by atoms with Gasteiger partial charge < -0.3 is 30.8 Å². The fourth-order valence-corrected chi connectivity index (χ4v) is 6.84. The van der Waals surface area contributed by atoms with Gasteiger partial charge in [0.15, 0.2) is 0 Å². The van der Waals surface area contributed by atoms with Crippen molar-refractivity contribution in [3.05, 3.63) is 67.6 Å². The molecule has 3 atom stereocenters. The van der Waals surface area contributed by atoms with Gasteiger partial charge in [-0.1, -0.05) is 20.8 Å². The monoisotopic (exact) mass is 622 g/mol. The highest BCUT2D eigenvalue weighted by Crippen LogP contribution is 2.35. The van der Waals surface area contributed by atoms with E-state index in [1.54, 1.807) is 0 Å². The number of H-pyrrole nitrogens is 2. The second-order valence-corrected chi connectivity index (χ2v) is 12.6. The van der Waals surface area contributed by atoms with Crippen LogP contribution in [0.5, 0.6) is 0 Å². The first kappa shape index (κ1) is 32.9. The van der Waals surface area contributed by atoms with Crippen molar-refractivity contribution >= 4 is 48.5 Å². The summed E-state index contributed by atoms with van der Waals surface area (Å²) in [5.74, 6) is -2.29. The molecule has 0 aromatic carbocycles. The number of carboxylic acid groups (broad SMARTS) is 2. The molecule has 0 saturated carbocycles. The van der Waals surface area contributed by atoms with Crippen molar-refractivity contribution in [2.75, 3.05) is 0 Å². The maximum absolute atomic E-state index is 12.5. The van der Waals surface area contributed by atoms with Crippen LogP contribution >= 0.6 is 12.6 Å². The number of aliphatic carboxylic acids is 2. The zero-order chi connectivity index (χ0) is 32.5. The fraction of sp³-hybridized carbons (Fsp3) is 0.455. The minimum Gasteiger partial charge on any atom is -0.481 e. The molecule has 2 amide bonds. The van der Waals surface area contributed by atoms with E-state index in [4.69, 9.17) is 0 Å². The van der Waals surface area contributed by atoms with Crippen molar-refractivity contribution in [2.24, 2.45) is 11.8 Å². The zero-order valence-corrected chi connectivity index (χ0v) is 27.0. The van der Waals surface area contributed by atoms with E-state index in [2.05, 4.69) is 33.2 Å². The van der Waals surface area contributed by atoms with Crippen LogP contribution in [0.15, 0.2) is 22.5 Å². The van der Waals surface area contributed by atoms with Gasteiger partial charge >= 0.3 is 11.9 Å². The summed E-state index contributed by atoms with van der Waals surface area (Å²) in [5.41, 5.74) is 9.83. The van der Waals surface area contributed by atoms with Crippen molar-refractivity contribution < 1.29 is 29.4 Å². The Morgan fingerprint density at radius 2 is 1.43 bits per heavy atom. The minimum absolute atomic E-state index is 0.0501. The maximum Gasteiger partial charge on any atom is 0.303 e. The summed E-state index contributed by atoms with van der Waals surface area (Å²) < 4.78 is 0. The molecule has 2 aromatic rings. The lowest BCUT2D eigenvalue weighted by Gasteiger charge is -2.17. The molecule has 1 fully saturated rings. The number of hydrogen-bond donors (Lipinski definition) is 7. The first-order valence-electron chi connectivity index (χ1n) is 15.0. The Morgan fingerprint density at radius 3 is 1.89 bits per heavy atom. The fourth-order valence-electron chi connectivity index (χ4n) is 6.43. The Labute approximate surface area is 262 Å². The molecular weight excluding hydrogens is 580 g/mol. The topological polar surface area (TPSA) is 164 Å². The van der Waals surface area contributed by atoms with Crippen molar-refractivity contribution in [1.29, 1.82) is 0 Å². The number of aromatic amines is 2. The van der Waals surface area contributed by atoms with Gasteiger partial charge in [0.2, 0.25) is 5.91 Å². The number of carboxylic acids is 2. The standard InChI is InChI=1S/C33H42N4O6S/c1-7-20-15(2)25(36-33(20)43)12-23-16(3)21(8-10-29(38)39)26(34-23)14-27-22(9-11-30(40)41)17(4)24(35-27)13-28-31(19(6)44)18(5)32(42)37-28/h12-13,18-19,31,34-35,44H,7-11,14H2,1-6H3,(H,36,43)(H,37,42)(H,38,39)(H,40,41)/b25-12+,28-13-/t18-,19+,31+/m1/s1. The van der Waals surface area contributed by atoms with Gasteiger partial charge in [-0.25, -0.2) is 0 Å². The molecule has 6 N–H and O–H groups in total. The molecule has 2 aromatic heterocycles. The number of carbonyl (C=O) groups is 4. The molecule has 10 nitrogen and oxygen atoms in total. The highest BCUT2D eigenvalue weighted by atomic mass is 32.1. The Balaban J connectivity index is 1.79. The van der Waals surface area contributed by atoms with E-state index < -0.39 is 11.9 Å². The van der Waals surface area contributed by atoms with E-state index in [1.165, 1.54) is 0 Å². The molecule has 0 bridgehead atoms. The number of allylic oxidation sites excluding steroid dienone is 2. The van der Waals surface area contributed by atoms with E-state index in [0.29, 0.717) is 31.4 Å². The molecule has 1 saturated heterocycles. The van der Waals surface area contributed by atoms with Crippen molar-refractivity contribution in [3.63, 3.8) is 0 Å². The van der Waals surface area contributed by atoms with Crippen LogP contribution in [-0.2, 0) is 38.4 Å². The van der Waals surface area contributed by atoms with Gasteiger partial charge in [0.05, 0.1) is 0 Å². The van der Waals surface area contributed by atoms with Crippen LogP contribution in [0, 0.1) is 25.7 Å². The molecular formula is C33H42N4O6S. The molecule has 44 heavy (non-hydrogen) atoms. The number of nitrogens with one attached hydrogen (secondary N) is 4. The smallest absolute Gasteiger partial charge is 0.303 e. The molecule has 0 spiro atoms. The normalized spacial score (nSPS) is 21.0. The van der Waals surface area contributed by atoms with Crippen LogP contribution < -0.4 is 10.6 Å². The molecule has 2 aliphatic rings. The second-order valence-electron chi connectivity index (χ2n) is 11.8. The Kier molecular flexibility index (Phi) is 9.98. The molecule has 4 rings (SSSR count). The van der Waals surface area contributed by atoms with Crippen LogP contribution in [0.1, 0.15) is 92.0 Å². The van der Waals surface area contributed by atoms with Crippen LogP contribution in [0.2, 0.25) is 0 Å². The van der Waals surface area contributed by atoms with Crippen LogP contribution in [0.4, 0.5) is 0 Å². The highest BCUT2D eigenvalue weighted by Gasteiger charge is 2.37. The van der Waals surface area contributed by atoms with Crippen molar-refractivity contribution in [1.82, 2.24) is 20.6 Å². The largest absolute Gasteiger partial charge is 0.481 e. The number of rotatable bonds is 12. The SMILES string of the molecule is CCC1=C(C)/C(=C\c2[nH]c(Cc3[nH]c(/C=C4\NC(=O)[C@H](C)[C@H]4[C@H](C)S)c(C)c3CCC(=O)O)c(CCC(=O)O)c2C)NC1=O. The van der Waals surface area contributed by atoms with Gasteiger partial charge in [0.25, 0.3) is 5.91 Å². The molecule has 236 valence electrons. The summed E-state index contributed by atoms with van der Waals surface area (Å²) in [7, 11) is 0. The zero-order valence-electron chi connectivity index (χ0n) is 26.1. The molecule has 0 aliphatic carbocycles. The Bertz CT molecular complexity index is 1610. The lowest BCUT2D eigenvalue weighted by atomic mass is 9.91. The van der Waals surface area contributed by atoms with Gasteiger partial charge in [-0.05, 0) is 80.0 Å². The number of carbonyl (C=O) groups excluding carboxylic acids is 2. The summed E-state index contributed by atoms with van der Waals surface area (Å²) in [6.45, 7) is 11.6. The summed E-state index contributed by atoms with van der Waals surface area (Å²) in [6, 6.07) is 0. The Morgan fingerprint density at radius 1 is 0.909 bits per heavy atom. The number of amides is 2. The molecule has 4 heterocycles. The van der Waals surface area contributed by atoms with Gasteiger partial charge in [-0.3, -0.25) is 19.2 Å². The third-order valence-electron chi connectivity index (χ3n) is 8.96. The quantitative estimate of drug-likeness (QED) is 0.168. The van der Waals surface area contributed by atoms with Crippen molar-refractivity contribution in [3.8, 4) is 0 Å². The minimum atomic E-state index is -0.905. The predicted octanol–water partition coefficient (Wildman–Crippen LogP) is 4.82. The van der Waals surface area contributed by atoms with E-state index in [9.17, 15) is 29.4 Å². The third kappa shape index (κ3) is 6.72. The molecule has 0 unspecified atom stereocenters. The van der Waals surface area contributed by atoms with Crippen LogP contribution in [0.3, 0.4) is 0 Å². The first-order chi connectivity index (χ1) is 20.7. The number of aromatic nitrogens is 2. The summed E-state index contributed by atoms with van der Waals surface area (Å²) in [5, 5.41) is 24.8. The summed E-state index contributed by atoms with van der Waals surface area (Å²) >= 11 is 4.63. The van der Waals surface area contributed by atoms with Crippen LogP contribution in [0.25, 0.3) is 12.2 Å². The van der Waals surface area contributed by atoms with Gasteiger partial charge in [0.1, 0.15) is 0 Å². The maximum atomic E-state index is 12.5. The van der Waals surface area contributed by atoms with E-state index in [0.717, 1.165) is 61.9 Å². The molecule has 0 radical (unpaired) electrons. The van der Waals surface area contributed by atoms with Crippen LogP contribution in [-0.4, -0.2) is 49.2 Å². The Hall–Kier alpha value is -3.99. The van der Waals surface area contributed by atoms with E-state index in [1.807, 2.05) is 53.7 Å². The van der Waals surface area contributed by atoms with Gasteiger partial charge in [-0.2, -0.15) is 12.6 Å². The predicted molar refractivity (Wildman–Crippen MR) is 172 cm³/mol.